The number of sulfonamides is 1. The third kappa shape index (κ3) is 3.22. The molecule has 0 bridgehead atoms. The zero-order valence-corrected chi connectivity index (χ0v) is 12.5. The van der Waals surface area contributed by atoms with Crippen LogP contribution in [0.2, 0.25) is 0 Å². The molecule has 6 heteroatoms. The van der Waals surface area contributed by atoms with Crippen molar-refractivity contribution in [3.8, 4) is 0 Å². The van der Waals surface area contributed by atoms with E-state index in [9.17, 15) is 17.9 Å². The molecular weight excluding hydrogens is 293 g/mol. The van der Waals surface area contributed by atoms with Crippen LogP contribution in [0.3, 0.4) is 0 Å². The monoisotopic (exact) mass is 309 g/mol. The summed E-state index contributed by atoms with van der Waals surface area (Å²) in [5.74, 6) is -0.430. The second-order valence-electron chi connectivity index (χ2n) is 4.70. The number of aliphatic hydroxyl groups excluding tert-OH is 1. The van der Waals surface area contributed by atoms with E-state index in [4.69, 9.17) is 0 Å². The Hall–Kier alpha value is -1.92. The fourth-order valence-corrected chi connectivity index (χ4v) is 3.13. The molecule has 0 aliphatic rings. The molecule has 0 aliphatic carbocycles. The highest BCUT2D eigenvalue weighted by Gasteiger charge is 2.22. The number of rotatable bonds is 4. The van der Waals surface area contributed by atoms with Crippen molar-refractivity contribution in [3.63, 3.8) is 0 Å². The standard InChI is InChI=1S/C15H16FNO3S/c1-11(18)12-4-3-5-15(10-12)21(19,20)17(2)14-8-6-13(16)7-9-14/h3-11,18H,1-2H3. The molecule has 0 saturated heterocycles. The van der Waals surface area contributed by atoms with Gasteiger partial charge in [0.05, 0.1) is 16.7 Å². The fraction of sp³-hybridized carbons (Fsp3) is 0.200. The maximum Gasteiger partial charge on any atom is 0.264 e. The summed E-state index contributed by atoms with van der Waals surface area (Å²) in [7, 11) is -2.36. The van der Waals surface area contributed by atoms with Gasteiger partial charge in [-0.15, -0.1) is 0 Å². The number of anilines is 1. The van der Waals surface area contributed by atoms with E-state index in [0.717, 1.165) is 4.31 Å². The lowest BCUT2D eigenvalue weighted by Gasteiger charge is -2.20. The van der Waals surface area contributed by atoms with Gasteiger partial charge in [0.15, 0.2) is 0 Å². The molecule has 0 saturated carbocycles. The zero-order chi connectivity index (χ0) is 15.6. The predicted octanol–water partition coefficient (Wildman–Crippen LogP) is 2.70. The Morgan fingerprint density at radius 2 is 1.76 bits per heavy atom. The molecule has 1 N–H and O–H groups in total. The van der Waals surface area contributed by atoms with Crippen molar-refractivity contribution in [3.05, 3.63) is 59.9 Å². The third-order valence-corrected chi connectivity index (χ3v) is 4.97. The zero-order valence-electron chi connectivity index (χ0n) is 11.7. The Balaban J connectivity index is 2.41. The van der Waals surface area contributed by atoms with Gasteiger partial charge in [-0.1, -0.05) is 12.1 Å². The molecular formula is C15H16FNO3S. The van der Waals surface area contributed by atoms with Gasteiger partial charge in [0.2, 0.25) is 0 Å². The van der Waals surface area contributed by atoms with Gasteiger partial charge in [-0.2, -0.15) is 0 Å². The first-order chi connectivity index (χ1) is 9.82. The second kappa shape index (κ2) is 5.83. The van der Waals surface area contributed by atoms with E-state index in [2.05, 4.69) is 0 Å². The summed E-state index contributed by atoms with van der Waals surface area (Å²) in [6.07, 6.45) is -0.753. The maximum absolute atomic E-state index is 12.9. The molecule has 0 radical (unpaired) electrons. The molecule has 0 aliphatic heterocycles. The lowest BCUT2D eigenvalue weighted by molar-refractivity contribution is 0.199. The topological polar surface area (TPSA) is 57.6 Å². The number of aliphatic hydroxyl groups is 1. The highest BCUT2D eigenvalue weighted by atomic mass is 32.2. The normalized spacial score (nSPS) is 13.0. The highest BCUT2D eigenvalue weighted by molar-refractivity contribution is 7.92. The quantitative estimate of drug-likeness (QED) is 0.944. The maximum atomic E-state index is 12.9. The van der Waals surface area contributed by atoms with Crippen LogP contribution < -0.4 is 4.31 Å². The van der Waals surface area contributed by atoms with Crippen LogP contribution in [0.4, 0.5) is 10.1 Å². The summed E-state index contributed by atoms with van der Waals surface area (Å²) >= 11 is 0. The van der Waals surface area contributed by atoms with Gasteiger partial charge < -0.3 is 5.11 Å². The van der Waals surface area contributed by atoms with Crippen LogP contribution in [-0.4, -0.2) is 20.6 Å². The van der Waals surface area contributed by atoms with Crippen molar-refractivity contribution in [1.29, 1.82) is 0 Å². The Kier molecular flexibility index (Phi) is 4.29. The lowest BCUT2D eigenvalue weighted by Crippen LogP contribution is -2.26. The Bertz CT molecular complexity index is 727. The van der Waals surface area contributed by atoms with Crippen molar-refractivity contribution in [2.45, 2.75) is 17.9 Å². The van der Waals surface area contributed by atoms with Crippen molar-refractivity contribution in [2.75, 3.05) is 11.4 Å². The number of hydrogen-bond donors (Lipinski definition) is 1. The number of halogens is 1. The third-order valence-electron chi connectivity index (χ3n) is 3.19. The number of hydrogen-bond acceptors (Lipinski definition) is 3. The van der Waals surface area contributed by atoms with E-state index in [1.807, 2.05) is 0 Å². The Morgan fingerprint density at radius 1 is 1.14 bits per heavy atom. The van der Waals surface area contributed by atoms with Crippen molar-refractivity contribution >= 4 is 15.7 Å². The first-order valence-electron chi connectivity index (χ1n) is 6.35. The first kappa shape index (κ1) is 15.5. The van der Waals surface area contributed by atoms with Crippen molar-refractivity contribution in [1.82, 2.24) is 0 Å². The molecule has 112 valence electrons. The summed E-state index contributed by atoms with van der Waals surface area (Å²) in [5.41, 5.74) is 0.877. The van der Waals surface area contributed by atoms with Gasteiger partial charge in [-0.25, -0.2) is 12.8 Å². The van der Waals surface area contributed by atoms with Gasteiger partial charge in [0, 0.05) is 7.05 Å². The van der Waals surface area contributed by atoms with E-state index in [0.29, 0.717) is 11.3 Å². The summed E-state index contributed by atoms with van der Waals surface area (Å²) in [4.78, 5) is 0.0766. The summed E-state index contributed by atoms with van der Waals surface area (Å²) in [6.45, 7) is 1.56. The van der Waals surface area contributed by atoms with E-state index in [1.165, 1.54) is 43.4 Å². The molecule has 2 aromatic rings. The SMILES string of the molecule is CC(O)c1cccc(S(=O)(=O)N(C)c2ccc(F)cc2)c1. The molecule has 0 amide bonds. The van der Waals surface area contributed by atoms with Crippen LogP contribution in [0.25, 0.3) is 0 Å². The number of benzene rings is 2. The van der Waals surface area contributed by atoms with Crippen LogP contribution in [0.15, 0.2) is 53.4 Å². The van der Waals surface area contributed by atoms with E-state index in [-0.39, 0.29) is 4.90 Å². The molecule has 0 spiro atoms. The van der Waals surface area contributed by atoms with Crippen LogP contribution in [-0.2, 0) is 10.0 Å². The van der Waals surface area contributed by atoms with Gasteiger partial charge in [-0.05, 0) is 48.9 Å². The van der Waals surface area contributed by atoms with Crippen molar-refractivity contribution in [2.24, 2.45) is 0 Å². The fourth-order valence-electron chi connectivity index (χ4n) is 1.88. The highest BCUT2D eigenvalue weighted by Crippen LogP contribution is 2.24. The van der Waals surface area contributed by atoms with Gasteiger partial charge in [0.25, 0.3) is 10.0 Å². The van der Waals surface area contributed by atoms with Gasteiger partial charge >= 0.3 is 0 Å². The molecule has 4 nitrogen and oxygen atoms in total. The van der Waals surface area contributed by atoms with Crippen LogP contribution in [0.1, 0.15) is 18.6 Å². The molecule has 1 atom stereocenters. The smallest absolute Gasteiger partial charge is 0.264 e. The molecule has 0 fully saturated rings. The molecule has 0 heterocycles. The van der Waals surface area contributed by atoms with E-state index in [1.54, 1.807) is 19.1 Å². The van der Waals surface area contributed by atoms with Crippen LogP contribution >= 0.6 is 0 Å². The van der Waals surface area contributed by atoms with Crippen LogP contribution in [0.5, 0.6) is 0 Å². The minimum absolute atomic E-state index is 0.0766. The molecule has 2 rings (SSSR count). The molecule has 2 aromatic carbocycles. The summed E-state index contributed by atoms with van der Waals surface area (Å²) < 4.78 is 39.1. The predicted molar refractivity (Wildman–Crippen MR) is 79.1 cm³/mol. The molecule has 1 unspecified atom stereocenters. The minimum atomic E-state index is -3.76. The van der Waals surface area contributed by atoms with E-state index >= 15 is 0 Å². The van der Waals surface area contributed by atoms with E-state index < -0.39 is 21.9 Å². The average molecular weight is 309 g/mol. The summed E-state index contributed by atoms with van der Waals surface area (Å²) in [5, 5.41) is 9.55. The Labute approximate surface area is 123 Å². The van der Waals surface area contributed by atoms with Gasteiger partial charge in [-0.3, -0.25) is 4.31 Å². The average Bonchev–Trinajstić information content (AvgIpc) is 2.47. The minimum Gasteiger partial charge on any atom is -0.389 e. The molecule has 0 aromatic heterocycles. The lowest BCUT2D eigenvalue weighted by atomic mass is 10.1. The molecule has 21 heavy (non-hydrogen) atoms. The largest absolute Gasteiger partial charge is 0.389 e. The second-order valence-corrected chi connectivity index (χ2v) is 6.67. The first-order valence-corrected chi connectivity index (χ1v) is 7.79. The van der Waals surface area contributed by atoms with Crippen molar-refractivity contribution < 1.29 is 17.9 Å². The van der Waals surface area contributed by atoms with Gasteiger partial charge in [0.1, 0.15) is 5.82 Å². The Morgan fingerprint density at radius 3 is 2.33 bits per heavy atom. The number of nitrogens with zero attached hydrogens (tertiary/aromatic N) is 1. The summed E-state index contributed by atoms with van der Waals surface area (Å²) in [6, 6.07) is 11.3. The van der Waals surface area contributed by atoms with Crippen LogP contribution in [0, 0.1) is 5.82 Å².